The van der Waals surface area contributed by atoms with Gasteiger partial charge in [0, 0.05) is 5.25 Å². The van der Waals surface area contributed by atoms with E-state index < -0.39 is 10.1 Å². The van der Waals surface area contributed by atoms with Crippen molar-refractivity contribution in [2.45, 2.75) is 36.0 Å². The first-order valence-corrected chi connectivity index (χ1v) is 8.25. The van der Waals surface area contributed by atoms with Gasteiger partial charge >= 0.3 is 0 Å². The van der Waals surface area contributed by atoms with Crippen molar-refractivity contribution in [2.24, 2.45) is 0 Å². The molecule has 2 atom stereocenters. The molecule has 0 aromatic heterocycles. The summed E-state index contributed by atoms with van der Waals surface area (Å²) in [6.45, 7) is 1.92. The molecule has 94 valence electrons. The van der Waals surface area contributed by atoms with E-state index >= 15 is 0 Å². The SMILES string of the molecule is CSC1CCC1OS(=O)(=O)c1ccc(C)cc1. The number of aryl methyl sites for hydroxylation is 1. The molecule has 3 nitrogen and oxygen atoms in total. The van der Waals surface area contributed by atoms with Gasteiger partial charge in [-0.05, 0) is 38.2 Å². The number of rotatable bonds is 4. The molecule has 1 fully saturated rings. The molecule has 0 bridgehead atoms. The zero-order chi connectivity index (χ0) is 12.5. The fourth-order valence-corrected chi connectivity index (χ4v) is 3.82. The Bertz CT molecular complexity index is 477. The van der Waals surface area contributed by atoms with Gasteiger partial charge in [0.2, 0.25) is 0 Å². The first-order valence-electron chi connectivity index (χ1n) is 5.55. The highest BCUT2D eigenvalue weighted by atomic mass is 32.2. The van der Waals surface area contributed by atoms with Crippen LogP contribution in [0.25, 0.3) is 0 Å². The molecular formula is C12H16O3S2. The molecular weight excluding hydrogens is 256 g/mol. The number of hydrogen-bond acceptors (Lipinski definition) is 4. The molecule has 1 aromatic rings. The molecule has 5 heteroatoms. The van der Waals surface area contributed by atoms with Crippen LogP contribution in [0.15, 0.2) is 29.2 Å². The van der Waals surface area contributed by atoms with Crippen molar-refractivity contribution in [2.75, 3.05) is 6.26 Å². The summed E-state index contributed by atoms with van der Waals surface area (Å²) < 4.78 is 29.2. The van der Waals surface area contributed by atoms with Crippen LogP contribution in [0.3, 0.4) is 0 Å². The quantitative estimate of drug-likeness (QED) is 0.790. The minimum absolute atomic E-state index is 0.156. The Morgan fingerprint density at radius 3 is 2.35 bits per heavy atom. The average Bonchev–Trinajstić information content (AvgIpc) is 2.26. The van der Waals surface area contributed by atoms with Crippen molar-refractivity contribution in [1.29, 1.82) is 0 Å². The fraction of sp³-hybridized carbons (Fsp3) is 0.500. The molecule has 0 radical (unpaired) electrons. The topological polar surface area (TPSA) is 43.4 Å². The second kappa shape index (κ2) is 5.00. The normalized spacial score (nSPS) is 24.4. The lowest BCUT2D eigenvalue weighted by Gasteiger charge is -2.34. The van der Waals surface area contributed by atoms with Crippen molar-refractivity contribution in [3.8, 4) is 0 Å². The van der Waals surface area contributed by atoms with E-state index in [1.807, 2.05) is 13.2 Å². The van der Waals surface area contributed by atoms with Crippen LogP contribution in [0.1, 0.15) is 18.4 Å². The smallest absolute Gasteiger partial charge is 0.262 e. The third kappa shape index (κ3) is 2.84. The lowest BCUT2D eigenvalue weighted by molar-refractivity contribution is 0.136. The minimum Gasteiger partial charge on any atom is -0.262 e. The van der Waals surface area contributed by atoms with Crippen LogP contribution in [0, 0.1) is 6.92 Å². The van der Waals surface area contributed by atoms with Gasteiger partial charge in [0.05, 0.1) is 11.0 Å². The Hall–Kier alpha value is -0.520. The molecule has 0 N–H and O–H groups in total. The third-order valence-electron chi connectivity index (χ3n) is 3.01. The highest BCUT2D eigenvalue weighted by molar-refractivity contribution is 7.99. The van der Waals surface area contributed by atoms with Gasteiger partial charge in [-0.15, -0.1) is 0 Å². The molecule has 0 aliphatic heterocycles. The van der Waals surface area contributed by atoms with Crippen molar-refractivity contribution in [3.63, 3.8) is 0 Å². The molecule has 1 aliphatic carbocycles. The summed E-state index contributed by atoms with van der Waals surface area (Å²) in [6.07, 6.45) is 3.70. The van der Waals surface area contributed by atoms with Crippen molar-refractivity contribution in [1.82, 2.24) is 0 Å². The number of benzene rings is 1. The van der Waals surface area contributed by atoms with Gasteiger partial charge in [-0.1, -0.05) is 17.7 Å². The van der Waals surface area contributed by atoms with Gasteiger partial charge in [-0.25, -0.2) is 0 Å². The molecule has 1 aliphatic rings. The summed E-state index contributed by atoms with van der Waals surface area (Å²) in [6, 6.07) is 6.75. The first-order chi connectivity index (χ1) is 8.03. The Labute approximate surface area is 107 Å². The summed E-state index contributed by atoms with van der Waals surface area (Å²) in [5.74, 6) is 0. The van der Waals surface area contributed by atoms with Crippen LogP contribution in [0.5, 0.6) is 0 Å². The number of hydrogen-bond donors (Lipinski definition) is 0. The Morgan fingerprint density at radius 1 is 1.24 bits per heavy atom. The molecule has 1 saturated carbocycles. The van der Waals surface area contributed by atoms with E-state index in [0.717, 1.165) is 18.4 Å². The standard InChI is InChI=1S/C12H16O3S2/c1-9-3-5-10(6-4-9)17(13,14)15-11-7-8-12(11)16-2/h3-6,11-12H,7-8H2,1-2H3. The van der Waals surface area contributed by atoms with Gasteiger partial charge in [-0.3, -0.25) is 4.18 Å². The molecule has 0 saturated heterocycles. The van der Waals surface area contributed by atoms with Crippen molar-refractivity contribution < 1.29 is 12.6 Å². The molecule has 0 spiro atoms. The van der Waals surface area contributed by atoms with E-state index in [4.69, 9.17) is 4.18 Å². The predicted octanol–water partition coefficient (Wildman–Crippen LogP) is 2.59. The number of thioether (sulfide) groups is 1. The Kier molecular flexibility index (Phi) is 3.80. The third-order valence-corrected chi connectivity index (χ3v) is 5.51. The summed E-state index contributed by atoms with van der Waals surface area (Å²) >= 11 is 1.67. The minimum atomic E-state index is -3.59. The second-order valence-corrected chi connectivity index (χ2v) is 6.90. The van der Waals surface area contributed by atoms with Gasteiger partial charge < -0.3 is 0 Å². The van der Waals surface area contributed by atoms with Crippen LogP contribution >= 0.6 is 11.8 Å². The van der Waals surface area contributed by atoms with E-state index in [0.29, 0.717) is 5.25 Å². The lowest BCUT2D eigenvalue weighted by Crippen LogP contribution is -2.38. The van der Waals surface area contributed by atoms with Gasteiger partial charge in [0.15, 0.2) is 0 Å². The van der Waals surface area contributed by atoms with Gasteiger partial charge in [0.25, 0.3) is 10.1 Å². The molecule has 0 heterocycles. The average molecular weight is 272 g/mol. The van der Waals surface area contributed by atoms with Crippen LogP contribution in [-0.4, -0.2) is 26.0 Å². The van der Waals surface area contributed by atoms with Crippen LogP contribution in [-0.2, 0) is 14.3 Å². The fourth-order valence-electron chi connectivity index (χ4n) is 1.74. The first kappa shape index (κ1) is 12.9. The Balaban J connectivity index is 2.11. The molecule has 1 aromatic carbocycles. The van der Waals surface area contributed by atoms with Crippen LogP contribution in [0.2, 0.25) is 0 Å². The van der Waals surface area contributed by atoms with Crippen LogP contribution in [0.4, 0.5) is 0 Å². The summed E-state index contributed by atoms with van der Waals surface area (Å²) in [4.78, 5) is 0.245. The second-order valence-electron chi connectivity index (χ2n) is 4.25. The highest BCUT2D eigenvalue weighted by Gasteiger charge is 2.35. The monoisotopic (exact) mass is 272 g/mol. The maximum atomic E-state index is 12.0. The molecule has 0 amide bonds. The van der Waals surface area contributed by atoms with E-state index in [-0.39, 0.29) is 11.0 Å². The van der Waals surface area contributed by atoms with E-state index in [1.54, 1.807) is 36.0 Å². The van der Waals surface area contributed by atoms with Gasteiger partial charge in [0.1, 0.15) is 0 Å². The summed E-state index contributed by atoms with van der Waals surface area (Å²) in [5, 5.41) is 0.315. The lowest BCUT2D eigenvalue weighted by atomic mass is 9.96. The van der Waals surface area contributed by atoms with Crippen LogP contribution < -0.4 is 0 Å². The van der Waals surface area contributed by atoms with E-state index in [9.17, 15) is 8.42 Å². The molecule has 2 rings (SSSR count). The Morgan fingerprint density at radius 2 is 1.88 bits per heavy atom. The summed E-state index contributed by atoms with van der Waals surface area (Å²) in [5.41, 5.74) is 1.04. The van der Waals surface area contributed by atoms with Crippen molar-refractivity contribution >= 4 is 21.9 Å². The van der Waals surface area contributed by atoms with Gasteiger partial charge in [-0.2, -0.15) is 20.2 Å². The van der Waals surface area contributed by atoms with Crippen molar-refractivity contribution in [3.05, 3.63) is 29.8 Å². The highest BCUT2D eigenvalue weighted by Crippen LogP contribution is 2.34. The predicted molar refractivity (Wildman–Crippen MR) is 69.8 cm³/mol. The largest absolute Gasteiger partial charge is 0.297 e. The molecule has 2 unspecified atom stereocenters. The summed E-state index contributed by atoms with van der Waals surface area (Å²) in [7, 11) is -3.59. The van der Waals surface area contributed by atoms with E-state index in [2.05, 4.69) is 0 Å². The maximum absolute atomic E-state index is 12.0. The zero-order valence-corrected chi connectivity index (χ0v) is 11.6. The molecule has 17 heavy (non-hydrogen) atoms. The maximum Gasteiger partial charge on any atom is 0.297 e. The zero-order valence-electron chi connectivity index (χ0n) is 9.92. The van der Waals surface area contributed by atoms with E-state index in [1.165, 1.54) is 0 Å².